The van der Waals surface area contributed by atoms with Crippen LogP contribution < -0.4 is 5.32 Å². The monoisotopic (exact) mass is 295 g/mol. The van der Waals surface area contributed by atoms with Gasteiger partial charge in [0.2, 0.25) is 5.91 Å². The summed E-state index contributed by atoms with van der Waals surface area (Å²) in [5.41, 5.74) is 1.73. The number of carbonyl (C=O) groups is 1. The number of amides is 1. The topological polar surface area (TPSA) is 49.3 Å². The van der Waals surface area contributed by atoms with Crippen molar-refractivity contribution in [1.29, 1.82) is 0 Å². The first-order chi connectivity index (χ1) is 9.15. The number of carbonyl (C=O) groups excluding carboxylic acids is 1. The van der Waals surface area contributed by atoms with Gasteiger partial charge >= 0.3 is 0 Å². The van der Waals surface area contributed by atoms with Crippen LogP contribution in [0.2, 0.25) is 5.02 Å². The van der Waals surface area contributed by atoms with Gasteiger partial charge in [-0.05, 0) is 40.1 Å². The van der Waals surface area contributed by atoms with Crippen LogP contribution in [0.4, 0.5) is 0 Å². The minimum absolute atomic E-state index is 0.114. The molecule has 5 heteroatoms. The molecule has 0 aliphatic rings. The Kier molecular flexibility index (Phi) is 4.96. The van der Waals surface area contributed by atoms with Gasteiger partial charge in [-0.2, -0.15) is 11.3 Å². The van der Waals surface area contributed by atoms with Gasteiger partial charge in [0, 0.05) is 11.6 Å². The number of aliphatic hydroxyl groups excluding tert-OH is 1. The molecule has 2 aromatic rings. The molecule has 0 aliphatic carbocycles. The molecule has 0 fully saturated rings. The van der Waals surface area contributed by atoms with Gasteiger partial charge in [-0.1, -0.05) is 23.7 Å². The molecule has 0 spiro atoms. The second-order valence-corrected chi connectivity index (χ2v) is 5.40. The van der Waals surface area contributed by atoms with Gasteiger partial charge in [-0.15, -0.1) is 0 Å². The van der Waals surface area contributed by atoms with E-state index >= 15 is 0 Å². The Morgan fingerprint density at radius 1 is 1.32 bits per heavy atom. The highest BCUT2D eigenvalue weighted by Crippen LogP contribution is 2.15. The fourth-order valence-corrected chi connectivity index (χ4v) is 2.48. The van der Waals surface area contributed by atoms with Gasteiger partial charge in [-0.25, -0.2) is 0 Å². The van der Waals surface area contributed by atoms with Crippen molar-refractivity contribution in [1.82, 2.24) is 5.32 Å². The fourth-order valence-electron chi connectivity index (χ4n) is 1.64. The lowest BCUT2D eigenvalue weighted by Gasteiger charge is -2.10. The van der Waals surface area contributed by atoms with Crippen molar-refractivity contribution >= 4 is 28.8 Å². The lowest BCUT2D eigenvalue weighted by atomic mass is 10.1. The number of hydrogen-bond acceptors (Lipinski definition) is 3. The molecular formula is C14H14ClNO2S. The number of benzene rings is 1. The summed E-state index contributed by atoms with van der Waals surface area (Å²) in [6.45, 7) is 0.225. The molecule has 2 rings (SSSR count). The quantitative estimate of drug-likeness (QED) is 0.891. The lowest BCUT2D eigenvalue weighted by Crippen LogP contribution is -2.29. The first kappa shape index (κ1) is 14.1. The van der Waals surface area contributed by atoms with Crippen molar-refractivity contribution in [2.75, 3.05) is 6.54 Å². The highest BCUT2D eigenvalue weighted by Gasteiger charge is 2.10. The number of hydrogen-bond donors (Lipinski definition) is 2. The Labute approximate surface area is 120 Å². The average molecular weight is 296 g/mol. The van der Waals surface area contributed by atoms with Gasteiger partial charge in [0.15, 0.2) is 0 Å². The van der Waals surface area contributed by atoms with Crippen LogP contribution in [0.25, 0.3) is 0 Å². The van der Waals surface area contributed by atoms with E-state index in [2.05, 4.69) is 5.32 Å². The van der Waals surface area contributed by atoms with Crippen LogP contribution in [-0.4, -0.2) is 17.6 Å². The van der Waals surface area contributed by atoms with Crippen LogP contribution in [0, 0.1) is 0 Å². The average Bonchev–Trinajstić information content (AvgIpc) is 2.93. The second-order valence-electron chi connectivity index (χ2n) is 4.18. The van der Waals surface area contributed by atoms with Crippen LogP contribution in [0.1, 0.15) is 17.2 Å². The maximum atomic E-state index is 11.7. The zero-order chi connectivity index (χ0) is 13.7. The Morgan fingerprint density at radius 2 is 2.05 bits per heavy atom. The highest BCUT2D eigenvalue weighted by atomic mass is 35.5. The smallest absolute Gasteiger partial charge is 0.224 e. The summed E-state index contributed by atoms with van der Waals surface area (Å²) in [7, 11) is 0. The molecule has 0 bridgehead atoms. The molecule has 0 radical (unpaired) electrons. The normalized spacial score (nSPS) is 12.1. The SMILES string of the molecule is O=C(Cc1ccc(Cl)cc1)NCC(O)c1ccsc1. The van der Waals surface area contributed by atoms with Gasteiger partial charge in [0.1, 0.15) is 0 Å². The molecular weight excluding hydrogens is 282 g/mol. The van der Waals surface area contributed by atoms with Gasteiger partial charge < -0.3 is 10.4 Å². The minimum atomic E-state index is -0.652. The summed E-state index contributed by atoms with van der Waals surface area (Å²) in [5, 5.41) is 17.0. The van der Waals surface area contributed by atoms with Gasteiger partial charge in [0.05, 0.1) is 12.5 Å². The number of rotatable bonds is 5. The van der Waals surface area contributed by atoms with Crippen molar-refractivity contribution in [2.24, 2.45) is 0 Å². The van der Waals surface area contributed by atoms with E-state index in [1.54, 1.807) is 12.1 Å². The number of nitrogens with one attached hydrogen (secondary N) is 1. The van der Waals surface area contributed by atoms with E-state index in [0.29, 0.717) is 5.02 Å². The Hall–Kier alpha value is -1.36. The van der Waals surface area contributed by atoms with Crippen LogP contribution >= 0.6 is 22.9 Å². The van der Waals surface area contributed by atoms with Gasteiger partial charge in [-0.3, -0.25) is 4.79 Å². The zero-order valence-electron chi connectivity index (χ0n) is 10.2. The molecule has 0 aliphatic heterocycles. The van der Waals surface area contributed by atoms with E-state index in [4.69, 9.17) is 11.6 Å². The summed E-state index contributed by atoms with van der Waals surface area (Å²) in [6, 6.07) is 8.99. The highest BCUT2D eigenvalue weighted by molar-refractivity contribution is 7.07. The third-order valence-corrected chi connectivity index (χ3v) is 3.65. The molecule has 1 heterocycles. The molecule has 3 nitrogen and oxygen atoms in total. The molecule has 2 N–H and O–H groups in total. The molecule has 1 aromatic heterocycles. The van der Waals surface area contributed by atoms with E-state index in [1.807, 2.05) is 29.0 Å². The number of halogens is 1. The molecule has 0 saturated carbocycles. The van der Waals surface area contributed by atoms with Crippen molar-refractivity contribution in [3.05, 3.63) is 57.2 Å². The summed E-state index contributed by atoms with van der Waals surface area (Å²) < 4.78 is 0. The molecule has 1 amide bonds. The molecule has 1 atom stereocenters. The standard InChI is InChI=1S/C14H14ClNO2S/c15-12-3-1-10(2-4-12)7-14(18)16-8-13(17)11-5-6-19-9-11/h1-6,9,13,17H,7-8H2,(H,16,18). The number of aliphatic hydroxyl groups is 1. The number of thiophene rings is 1. The third-order valence-electron chi connectivity index (χ3n) is 2.70. The molecule has 0 saturated heterocycles. The Balaban J connectivity index is 1.80. The van der Waals surface area contributed by atoms with E-state index in [-0.39, 0.29) is 18.9 Å². The predicted octanol–water partition coefficient (Wildman–Crippen LogP) is 2.79. The van der Waals surface area contributed by atoms with E-state index in [9.17, 15) is 9.90 Å². The maximum Gasteiger partial charge on any atom is 0.224 e. The summed E-state index contributed by atoms with van der Waals surface area (Å²) in [5.74, 6) is -0.114. The maximum absolute atomic E-state index is 11.7. The van der Waals surface area contributed by atoms with Crippen LogP contribution in [0.5, 0.6) is 0 Å². The molecule has 1 unspecified atom stereocenters. The minimum Gasteiger partial charge on any atom is -0.387 e. The lowest BCUT2D eigenvalue weighted by molar-refractivity contribution is -0.120. The summed E-state index contributed by atoms with van der Waals surface area (Å²) in [6.07, 6.45) is -0.367. The van der Waals surface area contributed by atoms with Crippen LogP contribution in [0.15, 0.2) is 41.1 Å². The van der Waals surface area contributed by atoms with E-state index in [0.717, 1.165) is 11.1 Å². The first-order valence-electron chi connectivity index (χ1n) is 5.86. The first-order valence-corrected chi connectivity index (χ1v) is 7.18. The predicted molar refractivity (Wildman–Crippen MR) is 77.4 cm³/mol. The van der Waals surface area contributed by atoms with Crippen molar-refractivity contribution in [2.45, 2.75) is 12.5 Å². The molecule has 100 valence electrons. The largest absolute Gasteiger partial charge is 0.387 e. The summed E-state index contributed by atoms with van der Waals surface area (Å²) >= 11 is 7.30. The third kappa shape index (κ3) is 4.35. The Morgan fingerprint density at radius 3 is 2.68 bits per heavy atom. The van der Waals surface area contributed by atoms with Crippen molar-refractivity contribution in [3.8, 4) is 0 Å². The Bertz CT molecular complexity index is 525. The fraction of sp³-hybridized carbons (Fsp3) is 0.214. The van der Waals surface area contributed by atoms with Crippen molar-refractivity contribution in [3.63, 3.8) is 0 Å². The van der Waals surface area contributed by atoms with Crippen LogP contribution in [0.3, 0.4) is 0 Å². The second kappa shape index (κ2) is 6.70. The van der Waals surface area contributed by atoms with Crippen molar-refractivity contribution < 1.29 is 9.90 Å². The van der Waals surface area contributed by atoms with E-state index < -0.39 is 6.10 Å². The van der Waals surface area contributed by atoms with Crippen LogP contribution in [-0.2, 0) is 11.2 Å². The zero-order valence-corrected chi connectivity index (χ0v) is 11.7. The molecule has 1 aromatic carbocycles. The van der Waals surface area contributed by atoms with Gasteiger partial charge in [0.25, 0.3) is 0 Å². The van der Waals surface area contributed by atoms with E-state index in [1.165, 1.54) is 11.3 Å². The summed E-state index contributed by atoms with van der Waals surface area (Å²) in [4.78, 5) is 11.7. The molecule has 19 heavy (non-hydrogen) atoms.